The quantitative estimate of drug-likeness (QED) is 0.344. The molecule has 0 atom stereocenters. The highest BCUT2D eigenvalue weighted by atomic mass is 16.6. The highest BCUT2D eigenvalue weighted by Crippen LogP contribution is 2.05. The molecule has 0 unspecified atom stereocenters. The van der Waals surface area contributed by atoms with Crippen LogP contribution in [-0.2, 0) is 23.8 Å². The second-order valence-corrected chi connectivity index (χ2v) is 4.45. The minimum atomic E-state index is -0.698. The lowest BCUT2D eigenvalue weighted by Crippen LogP contribution is -2.34. The van der Waals surface area contributed by atoms with E-state index in [4.69, 9.17) is 9.47 Å². The second kappa shape index (κ2) is 8.12. The predicted octanol–water partition coefficient (Wildman–Crippen LogP) is 0.783. The summed E-state index contributed by atoms with van der Waals surface area (Å²) in [6.07, 6.45) is 1.30. The van der Waals surface area contributed by atoms with Crippen molar-refractivity contribution in [3.8, 4) is 0 Å². The fourth-order valence-corrected chi connectivity index (χ4v) is 0.871. The molecular formula is C12H19NO6. The number of esters is 2. The summed E-state index contributed by atoms with van der Waals surface area (Å²) in [5.74, 6) is -1.35. The number of carbonyl (C=O) groups excluding carboxylic acids is 3. The van der Waals surface area contributed by atoms with Crippen LogP contribution in [-0.4, -0.2) is 43.9 Å². The summed E-state index contributed by atoms with van der Waals surface area (Å²) in [7, 11) is 1.20. The highest BCUT2D eigenvalue weighted by molar-refractivity contribution is 5.91. The van der Waals surface area contributed by atoms with Gasteiger partial charge in [-0.05, 0) is 20.8 Å². The number of ether oxygens (including phenoxy) is 3. The average molecular weight is 273 g/mol. The van der Waals surface area contributed by atoms with Gasteiger partial charge in [-0.2, -0.15) is 0 Å². The average Bonchev–Trinajstić information content (AvgIpc) is 2.29. The van der Waals surface area contributed by atoms with E-state index in [2.05, 4.69) is 10.1 Å². The summed E-state index contributed by atoms with van der Waals surface area (Å²) in [5.41, 5.74) is -0.579. The van der Waals surface area contributed by atoms with Gasteiger partial charge in [-0.15, -0.1) is 0 Å². The first-order valence-corrected chi connectivity index (χ1v) is 5.64. The molecule has 0 radical (unpaired) electrons. The summed E-state index contributed by atoms with van der Waals surface area (Å²) >= 11 is 0. The van der Waals surface area contributed by atoms with Crippen molar-refractivity contribution in [1.29, 1.82) is 0 Å². The second-order valence-electron chi connectivity index (χ2n) is 4.45. The molecular weight excluding hydrogens is 254 g/mol. The van der Waals surface area contributed by atoms with Crippen molar-refractivity contribution in [2.24, 2.45) is 0 Å². The lowest BCUT2D eigenvalue weighted by Gasteiger charge is -2.19. The normalized spacial score (nSPS) is 10.9. The van der Waals surface area contributed by atoms with E-state index in [0.29, 0.717) is 0 Å². The molecule has 0 aromatic carbocycles. The highest BCUT2D eigenvalue weighted by Gasteiger charge is 2.15. The summed E-state index contributed by atoms with van der Waals surface area (Å²) < 4.78 is 14.0. The number of amides is 1. The van der Waals surface area contributed by atoms with Crippen LogP contribution in [0.3, 0.4) is 0 Å². The zero-order valence-electron chi connectivity index (χ0n) is 11.5. The Bertz CT molecular complexity index is 356. The number of hydrogen-bond acceptors (Lipinski definition) is 6. The molecule has 0 aromatic heterocycles. The van der Waals surface area contributed by atoms with E-state index in [-0.39, 0.29) is 13.2 Å². The van der Waals surface area contributed by atoms with Gasteiger partial charge in [-0.3, -0.25) is 0 Å². The minimum absolute atomic E-state index is 0.0242. The van der Waals surface area contributed by atoms with Crippen LogP contribution in [0, 0.1) is 0 Å². The van der Waals surface area contributed by atoms with Crippen LogP contribution in [0.5, 0.6) is 0 Å². The smallest absolute Gasteiger partial charge is 0.407 e. The van der Waals surface area contributed by atoms with Gasteiger partial charge in [-0.1, -0.05) is 0 Å². The third kappa shape index (κ3) is 10.8. The molecule has 7 nitrogen and oxygen atoms in total. The van der Waals surface area contributed by atoms with E-state index in [1.54, 1.807) is 20.8 Å². The number of alkyl carbamates (subject to hydrolysis) is 1. The number of carbonyl (C=O) groups is 3. The van der Waals surface area contributed by atoms with E-state index in [1.807, 2.05) is 0 Å². The Labute approximate surface area is 111 Å². The van der Waals surface area contributed by atoms with E-state index < -0.39 is 23.6 Å². The lowest BCUT2D eigenvalue weighted by atomic mass is 10.2. The first kappa shape index (κ1) is 16.9. The lowest BCUT2D eigenvalue weighted by molar-refractivity contribution is -0.139. The molecule has 0 heterocycles. The van der Waals surface area contributed by atoms with Crippen molar-refractivity contribution in [2.75, 3.05) is 20.3 Å². The third-order valence-corrected chi connectivity index (χ3v) is 1.57. The molecule has 1 amide bonds. The molecule has 0 aliphatic rings. The van der Waals surface area contributed by atoms with Crippen molar-refractivity contribution in [2.45, 2.75) is 26.4 Å². The van der Waals surface area contributed by atoms with Crippen LogP contribution in [0.15, 0.2) is 12.2 Å². The monoisotopic (exact) mass is 273 g/mol. The fraction of sp³-hybridized carbons (Fsp3) is 0.583. The predicted molar refractivity (Wildman–Crippen MR) is 66.4 cm³/mol. The Balaban J connectivity index is 3.75. The van der Waals surface area contributed by atoms with Gasteiger partial charge >= 0.3 is 18.0 Å². The number of methoxy groups -OCH3 is 1. The topological polar surface area (TPSA) is 90.9 Å². The van der Waals surface area contributed by atoms with Crippen LogP contribution < -0.4 is 5.32 Å². The summed E-state index contributed by atoms with van der Waals surface area (Å²) in [6, 6.07) is 0. The van der Waals surface area contributed by atoms with Crippen LogP contribution in [0.4, 0.5) is 4.79 Å². The van der Waals surface area contributed by atoms with E-state index in [0.717, 1.165) is 12.2 Å². The molecule has 0 bridgehead atoms. The molecule has 0 fully saturated rings. The zero-order chi connectivity index (χ0) is 14.9. The molecule has 1 N–H and O–H groups in total. The van der Waals surface area contributed by atoms with Gasteiger partial charge in [0.05, 0.1) is 13.7 Å². The van der Waals surface area contributed by atoms with Gasteiger partial charge in [0.2, 0.25) is 0 Å². The Morgan fingerprint density at radius 3 is 2.21 bits per heavy atom. The molecule has 0 aliphatic heterocycles. The van der Waals surface area contributed by atoms with E-state index >= 15 is 0 Å². The summed E-state index contributed by atoms with van der Waals surface area (Å²) in [4.78, 5) is 33.0. The molecule has 0 aromatic rings. The number of rotatable bonds is 5. The summed E-state index contributed by atoms with van der Waals surface area (Å²) in [6.45, 7) is 5.31. The zero-order valence-corrected chi connectivity index (χ0v) is 11.5. The van der Waals surface area contributed by atoms with Gasteiger partial charge in [0.25, 0.3) is 0 Å². The maximum atomic E-state index is 11.2. The van der Waals surface area contributed by atoms with Gasteiger partial charge in [0.15, 0.2) is 0 Å². The number of nitrogens with one attached hydrogen (secondary N) is 1. The van der Waals surface area contributed by atoms with Crippen LogP contribution in [0.2, 0.25) is 0 Å². The first-order valence-electron chi connectivity index (χ1n) is 5.64. The van der Waals surface area contributed by atoms with Crippen LogP contribution in [0.1, 0.15) is 20.8 Å². The van der Waals surface area contributed by atoms with E-state index in [9.17, 15) is 14.4 Å². The fourth-order valence-electron chi connectivity index (χ4n) is 0.871. The van der Waals surface area contributed by atoms with Gasteiger partial charge in [0.1, 0.15) is 12.2 Å². The molecule has 0 rings (SSSR count). The van der Waals surface area contributed by atoms with Crippen molar-refractivity contribution in [3.63, 3.8) is 0 Å². The molecule has 0 saturated heterocycles. The molecule has 19 heavy (non-hydrogen) atoms. The molecule has 0 spiro atoms. The van der Waals surface area contributed by atoms with E-state index in [1.165, 1.54) is 7.11 Å². The van der Waals surface area contributed by atoms with Crippen LogP contribution >= 0.6 is 0 Å². The van der Waals surface area contributed by atoms with Crippen molar-refractivity contribution >= 4 is 18.0 Å². The Morgan fingerprint density at radius 1 is 1.11 bits per heavy atom. The largest absolute Gasteiger partial charge is 0.466 e. The van der Waals surface area contributed by atoms with Gasteiger partial charge in [-0.25, -0.2) is 14.4 Å². The first-order chi connectivity index (χ1) is 8.74. The SMILES string of the molecule is COC(=O)/C=C/C(=O)OCCNC(=O)OC(C)(C)C. The van der Waals surface area contributed by atoms with Crippen LogP contribution in [0.25, 0.3) is 0 Å². The third-order valence-electron chi connectivity index (χ3n) is 1.57. The van der Waals surface area contributed by atoms with Gasteiger partial charge in [0, 0.05) is 12.2 Å². The molecule has 108 valence electrons. The molecule has 7 heteroatoms. The Morgan fingerprint density at radius 2 is 1.68 bits per heavy atom. The Kier molecular flexibility index (Phi) is 7.25. The molecule has 0 saturated carbocycles. The standard InChI is InChI=1S/C12H19NO6/c1-12(2,3)19-11(16)13-7-8-18-10(15)6-5-9(14)17-4/h5-6H,7-8H2,1-4H3,(H,13,16)/b6-5+. The maximum Gasteiger partial charge on any atom is 0.407 e. The number of hydrogen-bond donors (Lipinski definition) is 1. The van der Waals surface area contributed by atoms with Crippen molar-refractivity contribution < 1.29 is 28.6 Å². The Hall–Kier alpha value is -2.05. The minimum Gasteiger partial charge on any atom is -0.466 e. The maximum absolute atomic E-state index is 11.2. The summed E-state index contributed by atoms with van der Waals surface area (Å²) in [5, 5.41) is 2.42. The van der Waals surface area contributed by atoms with Crippen molar-refractivity contribution in [3.05, 3.63) is 12.2 Å². The van der Waals surface area contributed by atoms with Crippen molar-refractivity contribution in [1.82, 2.24) is 5.32 Å². The molecule has 0 aliphatic carbocycles. The van der Waals surface area contributed by atoms with Gasteiger partial charge < -0.3 is 19.5 Å².